The summed E-state index contributed by atoms with van der Waals surface area (Å²) in [6.45, 7) is -1.15. The molecular formula is C13H12F3N3O2. The molecule has 5 nitrogen and oxygen atoms in total. The number of alkyl halides is 3. The molecule has 0 aliphatic rings. The Labute approximate surface area is 118 Å². The third kappa shape index (κ3) is 5.17. The Morgan fingerprint density at radius 1 is 1.24 bits per heavy atom. The van der Waals surface area contributed by atoms with Gasteiger partial charge in [-0.25, -0.2) is 4.79 Å². The van der Waals surface area contributed by atoms with Crippen molar-refractivity contribution in [2.75, 3.05) is 11.9 Å². The molecular weight excluding hydrogens is 287 g/mol. The van der Waals surface area contributed by atoms with Gasteiger partial charge in [0.25, 0.3) is 0 Å². The average molecular weight is 299 g/mol. The molecule has 1 aromatic carbocycles. The first-order chi connectivity index (χ1) is 9.92. The van der Waals surface area contributed by atoms with Crippen LogP contribution in [0.25, 0.3) is 0 Å². The first-order valence-corrected chi connectivity index (χ1v) is 6.00. The number of carbonyl (C=O) groups is 1. The number of hydrogen-bond acceptors (Lipinski definition) is 3. The summed E-state index contributed by atoms with van der Waals surface area (Å²) >= 11 is 0. The van der Waals surface area contributed by atoms with E-state index in [4.69, 9.17) is 0 Å². The van der Waals surface area contributed by atoms with E-state index in [1.165, 1.54) is 6.07 Å². The standard InChI is InChI=1S/C13H12F3N3O2/c14-13(15,16)9-21-12(20)17-11-6-7-19(18-11)8-10-4-2-1-3-5-10/h1-7H,8-9H2,(H,17,18,20). The molecule has 0 bridgehead atoms. The maximum Gasteiger partial charge on any atom is 0.422 e. The highest BCUT2D eigenvalue weighted by molar-refractivity contribution is 5.83. The molecule has 1 amide bonds. The lowest BCUT2D eigenvalue weighted by molar-refractivity contribution is -0.159. The van der Waals surface area contributed by atoms with E-state index in [-0.39, 0.29) is 5.82 Å². The first kappa shape index (κ1) is 14.9. The van der Waals surface area contributed by atoms with Crippen molar-refractivity contribution < 1.29 is 22.7 Å². The topological polar surface area (TPSA) is 56.2 Å². The monoisotopic (exact) mass is 299 g/mol. The molecule has 0 unspecified atom stereocenters. The van der Waals surface area contributed by atoms with Crippen LogP contribution in [-0.4, -0.2) is 28.7 Å². The molecule has 1 heterocycles. The number of benzene rings is 1. The van der Waals surface area contributed by atoms with Gasteiger partial charge in [-0.3, -0.25) is 10.00 Å². The van der Waals surface area contributed by atoms with Crippen molar-refractivity contribution in [3.63, 3.8) is 0 Å². The Hall–Kier alpha value is -2.51. The number of amides is 1. The summed E-state index contributed by atoms with van der Waals surface area (Å²) in [6, 6.07) is 10.9. The SMILES string of the molecule is O=C(Nc1ccn(Cc2ccccc2)n1)OCC(F)(F)F. The molecule has 1 aromatic heterocycles. The fourth-order valence-corrected chi connectivity index (χ4v) is 1.57. The minimum atomic E-state index is -4.55. The predicted octanol–water partition coefficient (Wildman–Crippen LogP) is 3.04. The second-order valence-electron chi connectivity index (χ2n) is 4.20. The van der Waals surface area contributed by atoms with Gasteiger partial charge < -0.3 is 4.74 Å². The predicted molar refractivity (Wildman–Crippen MR) is 68.8 cm³/mol. The van der Waals surface area contributed by atoms with E-state index in [2.05, 4.69) is 15.2 Å². The van der Waals surface area contributed by atoms with Crippen LogP contribution in [-0.2, 0) is 11.3 Å². The van der Waals surface area contributed by atoms with Crippen LogP contribution >= 0.6 is 0 Å². The van der Waals surface area contributed by atoms with Crippen molar-refractivity contribution >= 4 is 11.9 Å². The van der Waals surface area contributed by atoms with Crippen molar-refractivity contribution in [3.8, 4) is 0 Å². The average Bonchev–Trinajstić information content (AvgIpc) is 2.84. The Balaban J connectivity index is 1.87. The minimum Gasteiger partial charge on any atom is -0.440 e. The molecule has 0 radical (unpaired) electrons. The molecule has 21 heavy (non-hydrogen) atoms. The second kappa shape index (κ2) is 6.29. The molecule has 0 spiro atoms. The summed E-state index contributed by atoms with van der Waals surface area (Å²) < 4.78 is 41.2. The number of rotatable bonds is 4. The number of anilines is 1. The van der Waals surface area contributed by atoms with Crippen LogP contribution in [0.1, 0.15) is 5.56 Å². The van der Waals surface area contributed by atoms with Gasteiger partial charge in [0.15, 0.2) is 12.4 Å². The van der Waals surface area contributed by atoms with Crippen LogP contribution in [0.15, 0.2) is 42.6 Å². The summed E-state index contributed by atoms with van der Waals surface area (Å²) in [7, 11) is 0. The van der Waals surface area contributed by atoms with Crippen molar-refractivity contribution in [2.24, 2.45) is 0 Å². The van der Waals surface area contributed by atoms with E-state index in [9.17, 15) is 18.0 Å². The molecule has 2 aromatic rings. The highest BCUT2D eigenvalue weighted by Gasteiger charge is 2.29. The van der Waals surface area contributed by atoms with E-state index in [1.807, 2.05) is 30.3 Å². The summed E-state index contributed by atoms with van der Waals surface area (Å²) in [6.07, 6.45) is -4.14. The molecule has 2 rings (SSSR count). The number of halogens is 3. The lowest BCUT2D eigenvalue weighted by atomic mass is 10.2. The zero-order valence-corrected chi connectivity index (χ0v) is 10.8. The quantitative estimate of drug-likeness (QED) is 0.944. The second-order valence-corrected chi connectivity index (χ2v) is 4.20. The number of aromatic nitrogens is 2. The first-order valence-electron chi connectivity index (χ1n) is 6.00. The third-order valence-electron chi connectivity index (χ3n) is 2.43. The van der Waals surface area contributed by atoms with Crippen LogP contribution in [0, 0.1) is 0 Å². The van der Waals surface area contributed by atoms with Gasteiger partial charge in [-0.15, -0.1) is 0 Å². The molecule has 0 aliphatic heterocycles. The number of nitrogens with one attached hydrogen (secondary N) is 1. The molecule has 8 heteroatoms. The fraction of sp³-hybridized carbons (Fsp3) is 0.231. The zero-order valence-electron chi connectivity index (χ0n) is 10.8. The van der Waals surface area contributed by atoms with E-state index in [1.54, 1.807) is 10.9 Å². The van der Waals surface area contributed by atoms with E-state index in [0.29, 0.717) is 6.54 Å². The third-order valence-corrected chi connectivity index (χ3v) is 2.43. The largest absolute Gasteiger partial charge is 0.440 e. The van der Waals surface area contributed by atoms with Gasteiger partial charge >= 0.3 is 12.3 Å². The molecule has 1 N–H and O–H groups in total. The van der Waals surface area contributed by atoms with E-state index < -0.39 is 18.9 Å². The maximum atomic E-state index is 11.9. The Morgan fingerprint density at radius 2 is 1.95 bits per heavy atom. The van der Waals surface area contributed by atoms with Crippen molar-refractivity contribution in [2.45, 2.75) is 12.7 Å². The van der Waals surface area contributed by atoms with Gasteiger partial charge in [-0.05, 0) is 5.56 Å². The van der Waals surface area contributed by atoms with Crippen molar-refractivity contribution in [1.29, 1.82) is 0 Å². The Morgan fingerprint density at radius 3 is 2.62 bits per heavy atom. The molecule has 0 saturated heterocycles. The normalized spacial score (nSPS) is 11.2. The fourth-order valence-electron chi connectivity index (χ4n) is 1.57. The lowest BCUT2D eigenvalue weighted by Crippen LogP contribution is -2.23. The van der Waals surface area contributed by atoms with E-state index >= 15 is 0 Å². The summed E-state index contributed by atoms with van der Waals surface area (Å²) in [4.78, 5) is 11.1. The van der Waals surface area contributed by atoms with Gasteiger partial charge in [0.1, 0.15) is 0 Å². The van der Waals surface area contributed by atoms with Crippen molar-refractivity contribution in [3.05, 3.63) is 48.2 Å². The number of ether oxygens (including phenoxy) is 1. The zero-order chi connectivity index (χ0) is 15.3. The summed E-state index contributed by atoms with van der Waals surface area (Å²) in [5, 5.41) is 6.14. The van der Waals surface area contributed by atoms with Gasteiger partial charge in [-0.1, -0.05) is 30.3 Å². The maximum absolute atomic E-state index is 11.9. The Bertz CT molecular complexity index is 596. The van der Waals surface area contributed by atoms with Crippen LogP contribution in [0.4, 0.5) is 23.8 Å². The number of nitrogens with zero attached hydrogens (tertiary/aromatic N) is 2. The highest BCUT2D eigenvalue weighted by Crippen LogP contribution is 2.15. The minimum absolute atomic E-state index is 0.123. The summed E-state index contributed by atoms with van der Waals surface area (Å²) in [5.41, 5.74) is 1.01. The number of hydrogen-bond donors (Lipinski definition) is 1. The summed E-state index contributed by atoms with van der Waals surface area (Å²) in [5.74, 6) is 0.123. The van der Waals surface area contributed by atoms with Crippen LogP contribution in [0.5, 0.6) is 0 Å². The molecule has 0 saturated carbocycles. The van der Waals surface area contributed by atoms with E-state index in [0.717, 1.165) is 5.56 Å². The van der Waals surface area contributed by atoms with Gasteiger partial charge in [-0.2, -0.15) is 18.3 Å². The van der Waals surface area contributed by atoms with Gasteiger partial charge in [0, 0.05) is 12.3 Å². The molecule has 0 fully saturated rings. The Kier molecular flexibility index (Phi) is 4.46. The van der Waals surface area contributed by atoms with Crippen LogP contribution in [0.3, 0.4) is 0 Å². The van der Waals surface area contributed by atoms with Crippen LogP contribution in [0.2, 0.25) is 0 Å². The highest BCUT2D eigenvalue weighted by atomic mass is 19.4. The molecule has 0 atom stereocenters. The van der Waals surface area contributed by atoms with Crippen LogP contribution < -0.4 is 5.32 Å². The van der Waals surface area contributed by atoms with Crippen molar-refractivity contribution in [1.82, 2.24) is 9.78 Å². The van der Waals surface area contributed by atoms with Gasteiger partial charge in [0.2, 0.25) is 0 Å². The molecule has 0 aliphatic carbocycles. The molecule has 112 valence electrons. The lowest BCUT2D eigenvalue weighted by Gasteiger charge is -2.07. The van der Waals surface area contributed by atoms with Gasteiger partial charge in [0.05, 0.1) is 6.54 Å². The smallest absolute Gasteiger partial charge is 0.422 e. The number of carbonyl (C=O) groups excluding carboxylic acids is 1.